The van der Waals surface area contributed by atoms with Crippen LogP contribution in [-0.2, 0) is 11.3 Å². The van der Waals surface area contributed by atoms with Gasteiger partial charge >= 0.3 is 12.4 Å². The molecule has 0 atom stereocenters. The lowest BCUT2D eigenvalue weighted by Crippen LogP contribution is -2.47. The third-order valence-corrected chi connectivity index (χ3v) is 5.66. The van der Waals surface area contributed by atoms with Gasteiger partial charge in [0.05, 0.1) is 11.3 Å². The van der Waals surface area contributed by atoms with Crippen molar-refractivity contribution in [1.82, 2.24) is 19.7 Å². The fourth-order valence-electron chi connectivity index (χ4n) is 3.86. The summed E-state index contributed by atoms with van der Waals surface area (Å²) in [6.45, 7) is 2.43. The topological polar surface area (TPSA) is 86.3 Å². The predicted octanol–water partition coefficient (Wildman–Crippen LogP) is 2.34. The minimum Gasteiger partial charge on any atom is -0.406 e. The molecule has 34 heavy (non-hydrogen) atoms. The fraction of sp³-hybridized carbons (Fsp3) is 0.364. The molecule has 9 nitrogen and oxygen atoms in total. The maximum atomic E-state index is 13.1. The molecule has 0 saturated carbocycles. The highest BCUT2D eigenvalue weighted by atomic mass is 19.4. The van der Waals surface area contributed by atoms with Gasteiger partial charge in [-0.15, -0.1) is 13.2 Å². The average molecular weight is 477 g/mol. The summed E-state index contributed by atoms with van der Waals surface area (Å²) in [5, 5.41) is 0. The number of alkyl halides is 3. The highest BCUT2D eigenvalue weighted by molar-refractivity contribution is 6.19. The highest BCUT2D eigenvalue weighted by Crippen LogP contribution is 2.28. The minimum absolute atomic E-state index is 0.00762. The van der Waals surface area contributed by atoms with Gasteiger partial charge in [-0.3, -0.25) is 14.6 Å². The van der Waals surface area contributed by atoms with Crippen molar-refractivity contribution in [2.24, 2.45) is 0 Å². The molecule has 2 aliphatic rings. The van der Waals surface area contributed by atoms with Gasteiger partial charge in [0.15, 0.2) is 0 Å². The zero-order chi connectivity index (χ0) is 24.5. The number of hydrogen-bond acceptors (Lipinski definition) is 6. The van der Waals surface area contributed by atoms with E-state index in [1.165, 1.54) is 29.4 Å². The molecule has 0 unspecified atom stereocenters. The van der Waals surface area contributed by atoms with Gasteiger partial charge in [-0.05, 0) is 42.9 Å². The normalized spacial score (nSPS) is 17.5. The number of hydrogen-bond donors (Lipinski definition) is 0. The number of carbonyl (C=O) groups excluding carboxylic acids is 3. The van der Waals surface area contributed by atoms with Crippen LogP contribution in [0.5, 0.6) is 5.75 Å². The van der Waals surface area contributed by atoms with Crippen LogP contribution in [0.2, 0.25) is 0 Å². The van der Waals surface area contributed by atoms with Crippen LogP contribution in [0, 0.1) is 0 Å². The number of imide groups is 1. The molecule has 3 heterocycles. The van der Waals surface area contributed by atoms with E-state index >= 15 is 0 Å². The number of anilines is 1. The van der Waals surface area contributed by atoms with Crippen molar-refractivity contribution in [3.63, 3.8) is 0 Å². The first-order valence-corrected chi connectivity index (χ1v) is 10.5. The molecule has 0 aliphatic carbocycles. The molecule has 12 heteroatoms. The number of pyridine rings is 1. The van der Waals surface area contributed by atoms with Gasteiger partial charge in [0.1, 0.15) is 12.3 Å². The molecule has 0 N–H and O–H groups in total. The van der Waals surface area contributed by atoms with Crippen LogP contribution < -0.4 is 9.64 Å². The van der Waals surface area contributed by atoms with Gasteiger partial charge < -0.3 is 19.4 Å². The second-order valence-electron chi connectivity index (χ2n) is 8.04. The SMILES string of the molecule is CN1CCN(C(=O)c2cnccc2CN2CC(=O)N(c3ccc(OC(F)(F)F)cc3)C2=O)CC1. The Balaban J connectivity index is 1.48. The van der Waals surface area contributed by atoms with Crippen LogP contribution in [0.4, 0.5) is 23.7 Å². The van der Waals surface area contributed by atoms with E-state index in [9.17, 15) is 27.6 Å². The number of piperazine rings is 1. The van der Waals surface area contributed by atoms with Crippen molar-refractivity contribution < 1.29 is 32.3 Å². The molecular weight excluding hydrogens is 455 g/mol. The van der Waals surface area contributed by atoms with Crippen molar-refractivity contribution in [3.8, 4) is 5.75 Å². The van der Waals surface area contributed by atoms with Crippen LogP contribution in [0.3, 0.4) is 0 Å². The lowest BCUT2D eigenvalue weighted by atomic mass is 10.1. The first-order chi connectivity index (χ1) is 16.1. The summed E-state index contributed by atoms with van der Waals surface area (Å²) in [6.07, 6.45) is -1.88. The van der Waals surface area contributed by atoms with Gasteiger partial charge in [0, 0.05) is 45.1 Å². The minimum atomic E-state index is -4.85. The summed E-state index contributed by atoms with van der Waals surface area (Å²) >= 11 is 0. The van der Waals surface area contributed by atoms with Crippen LogP contribution in [0.15, 0.2) is 42.7 Å². The molecule has 2 saturated heterocycles. The number of carbonyl (C=O) groups is 3. The summed E-state index contributed by atoms with van der Waals surface area (Å²) < 4.78 is 40.9. The molecule has 0 bridgehead atoms. The number of aromatic nitrogens is 1. The Hall–Kier alpha value is -3.67. The molecular formula is C22H22F3N5O4. The van der Waals surface area contributed by atoms with Crippen LogP contribution >= 0.6 is 0 Å². The van der Waals surface area contributed by atoms with Crippen LogP contribution in [0.1, 0.15) is 15.9 Å². The first-order valence-electron chi connectivity index (χ1n) is 10.5. The number of nitrogens with zero attached hydrogens (tertiary/aromatic N) is 5. The van der Waals surface area contributed by atoms with E-state index in [1.807, 2.05) is 7.05 Å². The maximum Gasteiger partial charge on any atom is 0.573 e. The van der Waals surface area contributed by atoms with Crippen molar-refractivity contribution in [1.29, 1.82) is 0 Å². The smallest absolute Gasteiger partial charge is 0.406 e. The number of benzene rings is 1. The highest BCUT2D eigenvalue weighted by Gasteiger charge is 2.38. The number of amides is 4. The largest absolute Gasteiger partial charge is 0.573 e. The van der Waals surface area contributed by atoms with Gasteiger partial charge in [0.2, 0.25) is 0 Å². The molecule has 0 radical (unpaired) electrons. The van der Waals surface area contributed by atoms with E-state index < -0.39 is 24.1 Å². The maximum absolute atomic E-state index is 13.1. The Morgan fingerprint density at radius 2 is 1.74 bits per heavy atom. The Morgan fingerprint density at radius 3 is 2.38 bits per heavy atom. The zero-order valence-electron chi connectivity index (χ0n) is 18.3. The van der Waals surface area contributed by atoms with E-state index in [0.717, 1.165) is 30.1 Å². The Morgan fingerprint density at radius 1 is 1.06 bits per heavy atom. The predicted molar refractivity (Wildman–Crippen MR) is 114 cm³/mol. The van der Waals surface area contributed by atoms with Crippen molar-refractivity contribution in [2.45, 2.75) is 12.9 Å². The molecule has 1 aromatic heterocycles. The van der Waals surface area contributed by atoms with E-state index in [0.29, 0.717) is 24.2 Å². The molecule has 0 spiro atoms. The molecule has 1 aromatic carbocycles. The third kappa shape index (κ3) is 5.11. The molecule has 4 amide bonds. The lowest BCUT2D eigenvalue weighted by Gasteiger charge is -2.32. The number of rotatable bonds is 5. The van der Waals surface area contributed by atoms with Crippen molar-refractivity contribution in [2.75, 3.05) is 44.7 Å². The standard InChI is InChI=1S/C22H22F3N5O4/c1-27-8-10-28(11-9-27)20(32)18-12-26-7-6-15(18)13-29-14-19(31)30(21(29)33)16-2-4-17(5-3-16)34-22(23,24)25/h2-7,12H,8-11,13-14H2,1H3. The molecule has 2 fully saturated rings. The first kappa shape index (κ1) is 23.5. The van der Waals surface area contributed by atoms with Crippen molar-refractivity contribution in [3.05, 3.63) is 53.9 Å². The fourth-order valence-corrected chi connectivity index (χ4v) is 3.86. The molecule has 2 aliphatic heterocycles. The second-order valence-corrected chi connectivity index (χ2v) is 8.04. The Kier molecular flexibility index (Phi) is 6.42. The Labute approximate surface area is 193 Å². The number of ether oxygens (including phenoxy) is 1. The number of urea groups is 1. The quantitative estimate of drug-likeness (QED) is 0.615. The second kappa shape index (κ2) is 9.29. The van der Waals surface area contributed by atoms with E-state index in [4.69, 9.17) is 0 Å². The van der Waals surface area contributed by atoms with Gasteiger partial charge in [-0.2, -0.15) is 0 Å². The number of likely N-dealkylation sites (N-methyl/N-ethyl adjacent to an activating group) is 1. The number of halogens is 3. The molecule has 2 aromatic rings. The van der Waals surface area contributed by atoms with Gasteiger partial charge in [-0.25, -0.2) is 9.69 Å². The molecule has 180 valence electrons. The lowest BCUT2D eigenvalue weighted by molar-refractivity contribution is -0.274. The summed E-state index contributed by atoms with van der Waals surface area (Å²) in [6, 6.07) is 5.46. The zero-order valence-corrected chi connectivity index (χ0v) is 18.3. The van der Waals surface area contributed by atoms with E-state index in [2.05, 4.69) is 14.6 Å². The summed E-state index contributed by atoms with van der Waals surface area (Å²) in [7, 11) is 1.98. The third-order valence-electron chi connectivity index (χ3n) is 5.66. The van der Waals surface area contributed by atoms with Gasteiger partial charge in [-0.1, -0.05) is 0 Å². The van der Waals surface area contributed by atoms with Gasteiger partial charge in [0.25, 0.3) is 11.8 Å². The van der Waals surface area contributed by atoms with Crippen LogP contribution in [0.25, 0.3) is 0 Å². The monoisotopic (exact) mass is 477 g/mol. The summed E-state index contributed by atoms with van der Waals surface area (Å²) in [5.41, 5.74) is 1.03. The Bertz CT molecular complexity index is 1080. The average Bonchev–Trinajstić information content (AvgIpc) is 3.06. The van der Waals surface area contributed by atoms with Crippen molar-refractivity contribution >= 4 is 23.5 Å². The summed E-state index contributed by atoms with van der Waals surface area (Å²) in [5.74, 6) is -1.18. The van der Waals surface area contributed by atoms with E-state index in [1.54, 1.807) is 11.0 Å². The van der Waals surface area contributed by atoms with Crippen LogP contribution in [-0.4, -0.2) is 83.7 Å². The molecule has 4 rings (SSSR count). The van der Waals surface area contributed by atoms with E-state index in [-0.39, 0.29) is 24.7 Å². The summed E-state index contributed by atoms with van der Waals surface area (Å²) in [4.78, 5) is 48.6.